The van der Waals surface area contributed by atoms with Crippen LogP contribution in [0, 0.1) is 0 Å². The maximum atomic E-state index is 12.5. The smallest absolute Gasteiger partial charge is 0.240 e. The maximum Gasteiger partial charge on any atom is 0.240 e. The van der Waals surface area contributed by atoms with Gasteiger partial charge in [-0.1, -0.05) is 23.9 Å². The van der Waals surface area contributed by atoms with Crippen molar-refractivity contribution in [2.75, 3.05) is 18.6 Å². The van der Waals surface area contributed by atoms with Gasteiger partial charge in [0.15, 0.2) is 0 Å². The number of hydrogen-bond donors (Lipinski definition) is 1. The predicted octanol–water partition coefficient (Wildman–Crippen LogP) is 1.71. The van der Waals surface area contributed by atoms with Crippen molar-refractivity contribution in [1.82, 2.24) is 15.4 Å². The number of para-hydroxylation sites is 2. The van der Waals surface area contributed by atoms with Gasteiger partial charge in [0.1, 0.15) is 10.8 Å². The summed E-state index contributed by atoms with van der Waals surface area (Å²) < 4.78 is 5.32. The average Bonchev–Trinajstić information content (AvgIpc) is 3.11. The summed E-state index contributed by atoms with van der Waals surface area (Å²) in [5.74, 6) is 0.801. The summed E-state index contributed by atoms with van der Waals surface area (Å²) in [7, 11) is 1.61. The molecule has 1 N–H and O–H groups in total. The summed E-state index contributed by atoms with van der Waals surface area (Å²) in [6.07, 6.45) is 2.41. The number of benzene rings is 1. The van der Waals surface area contributed by atoms with E-state index in [0.29, 0.717) is 12.3 Å². The Morgan fingerprint density at radius 3 is 3.05 bits per heavy atom. The van der Waals surface area contributed by atoms with Crippen molar-refractivity contribution >= 4 is 23.4 Å². The Hall–Kier alpha value is -2.02. The molecule has 7 heteroatoms. The lowest BCUT2D eigenvalue weighted by Crippen LogP contribution is -2.28. The molecule has 1 amide bonds. The van der Waals surface area contributed by atoms with E-state index in [4.69, 9.17) is 4.74 Å². The minimum Gasteiger partial charge on any atom is -0.495 e. The summed E-state index contributed by atoms with van der Waals surface area (Å²) in [4.78, 5) is 14.3. The van der Waals surface area contributed by atoms with Gasteiger partial charge in [-0.15, -0.1) is 5.10 Å². The topological polar surface area (TPSA) is 71.1 Å². The highest BCUT2D eigenvalue weighted by atomic mass is 32.2. The molecule has 0 bridgehead atoms. The van der Waals surface area contributed by atoms with E-state index < -0.39 is 0 Å². The summed E-state index contributed by atoms with van der Waals surface area (Å²) in [5.41, 5.74) is 0.822. The zero-order valence-electron chi connectivity index (χ0n) is 10.9. The summed E-state index contributed by atoms with van der Waals surface area (Å²) in [5, 5.41) is 10.9. The van der Waals surface area contributed by atoms with Crippen LogP contribution in [-0.2, 0) is 4.79 Å². The van der Waals surface area contributed by atoms with Crippen molar-refractivity contribution < 1.29 is 9.53 Å². The van der Waals surface area contributed by atoms with Crippen molar-refractivity contribution in [1.29, 1.82) is 0 Å². The van der Waals surface area contributed by atoms with Crippen molar-refractivity contribution in [3.63, 3.8) is 0 Å². The zero-order chi connectivity index (χ0) is 13.9. The lowest BCUT2D eigenvalue weighted by atomic mass is 10.2. The molecular weight excluding hydrogens is 276 g/mol. The molecule has 1 aliphatic heterocycles. The van der Waals surface area contributed by atoms with Crippen LogP contribution in [0.4, 0.5) is 5.69 Å². The van der Waals surface area contributed by atoms with Gasteiger partial charge in [0.25, 0.3) is 0 Å². The second-order valence-corrected chi connectivity index (χ2v) is 5.59. The number of rotatable bonds is 4. The van der Waals surface area contributed by atoms with E-state index in [1.54, 1.807) is 18.2 Å². The van der Waals surface area contributed by atoms with Crippen LogP contribution in [0.3, 0.4) is 0 Å². The van der Waals surface area contributed by atoms with E-state index in [2.05, 4.69) is 15.4 Å². The second-order valence-electron chi connectivity index (χ2n) is 4.37. The van der Waals surface area contributed by atoms with E-state index >= 15 is 0 Å². The number of carbonyl (C=O) groups excluding carboxylic acids is 1. The van der Waals surface area contributed by atoms with E-state index in [1.807, 2.05) is 24.3 Å². The molecule has 3 rings (SSSR count). The quantitative estimate of drug-likeness (QED) is 0.928. The van der Waals surface area contributed by atoms with E-state index in [9.17, 15) is 4.79 Å². The molecule has 20 heavy (non-hydrogen) atoms. The number of nitrogens with one attached hydrogen (secondary N) is 1. The first kappa shape index (κ1) is 13.0. The fourth-order valence-electron chi connectivity index (χ4n) is 2.25. The maximum absolute atomic E-state index is 12.5. The van der Waals surface area contributed by atoms with Gasteiger partial charge in [-0.05, 0) is 18.6 Å². The van der Waals surface area contributed by atoms with Crippen LogP contribution in [0.2, 0.25) is 0 Å². The summed E-state index contributed by atoms with van der Waals surface area (Å²) in [6, 6.07) is 7.56. The Morgan fingerprint density at radius 2 is 2.30 bits per heavy atom. The number of amides is 1. The third-order valence-corrected chi connectivity index (χ3v) is 4.35. The fraction of sp³-hybridized carbons (Fsp3) is 0.308. The molecule has 0 radical (unpaired) electrons. The molecule has 1 saturated heterocycles. The van der Waals surface area contributed by atoms with Crippen LogP contribution in [0.25, 0.3) is 0 Å². The van der Waals surface area contributed by atoms with Gasteiger partial charge < -0.3 is 9.64 Å². The molecule has 0 saturated carbocycles. The Morgan fingerprint density at radius 1 is 1.45 bits per heavy atom. The van der Waals surface area contributed by atoms with E-state index in [-0.39, 0.29) is 11.2 Å². The van der Waals surface area contributed by atoms with Gasteiger partial charge in [-0.3, -0.25) is 4.79 Å². The van der Waals surface area contributed by atoms with Gasteiger partial charge in [0.05, 0.1) is 24.2 Å². The Balaban J connectivity index is 1.78. The van der Waals surface area contributed by atoms with E-state index in [1.165, 1.54) is 11.8 Å². The lowest BCUT2D eigenvalue weighted by Gasteiger charge is -2.19. The molecule has 6 nitrogen and oxygen atoms in total. The number of aromatic nitrogens is 3. The van der Waals surface area contributed by atoms with Crippen LogP contribution in [0.1, 0.15) is 6.42 Å². The molecule has 1 aliphatic rings. The van der Waals surface area contributed by atoms with Gasteiger partial charge in [-0.25, -0.2) is 0 Å². The van der Waals surface area contributed by atoms with Crippen molar-refractivity contribution in [3.05, 3.63) is 30.5 Å². The monoisotopic (exact) mass is 290 g/mol. The van der Waals surface area contributed by atoms with Gasteiger partial charge in [-0.2, -0.15) is 10.3 Å². The molecule has 1 unspecified atom stereocenters. The molecule has 0 spiro atoms. The SMILES string of the molecule is COc1ccccc1N1CCC(Sc2cn[nH]n2)C1=O. The van der Waals surface area contributed by atoms with Crippen molar-refractivity contribution in [3.8, 4) is 5.75 Å². The molecule has 0 aliphatic carbocycles. The van der Waals surface area contributed by atoms with Crippen molar-refractivity contribution in [2.45, 2.75) is 16.7 Å². The highest BCUT2D eigenvalue weighted by Gasteiger charge is 2.34. The number of methoxy groups -OCH3 is 1. The minimum atomic E-state index is -0.120. The highest BCUT2D eigenvalue weighted by Crippen LogP contribution is 2.35. The van der Waals surface area contributed by atoms with Gasteiger partial charge in [0, 0.05) is 6.54 Å². The third kappa shape index (κ3) is 2.36. The summed E-state index contributed by atoms with van der Waals surface area (Å²) >= 11 is 1.44. The van der Waals surface area contributed by atoms with Gasteiger partial charge in [0.2, 0.25) is 5.91 Å². The normalized spacial score (nSPS) is 18.6. The molecule has 1 aromatic heterocycles. The largest absolute Gasteiger partial charge is 0.495 e. The fourth-order valence-corrected chi connectivity index (χ4v) is 3.20. The first-order valence-electron chi connectivity index (χ1n) is 6.26. The number of anilines is 1. The third-order valence-electron chi connectivity index (χ3n) is 3.19. The number of hydrogen-bond acceptors (Lipinski definition) is 5. The Bertz CT molecular complexity index is 602. The van der Waals surface area contributed by atoms with Gasteiger partial charge >= 0.3 is 0 Å². The highest BCUT2D eigenvalue weighted by molar-refractivity contribution is 8.00. The Labute approximate surface area is 120 Å². The van der Waals surface area contributed by atoms with Crippen LogP contribution >= 0.6 is 11.8 Å². The standard InChI is InChI=1S/C13H14N4O2S/c1-19-10-5-3-2-4-9(10)17-7-6-11(13(17)18)20-12-8-14-16-15-12/h2-5,8,11H,6-7H2,1H3,(H,14,15,16). The predicted molar refractivity (Wildman–Crippen MR) is 76.0 cm³/mol. The number of carbonyl (C=O) groups is 1. The summed E-state index contributed by atoms with van der Waals surface area (Å²) in [6.45, 7) is 0.689. The van der Waals surface area contributed by atoms with Crippen LogP contribution in [-0.4, -0.2) is 40.2 Å². The average molecular weight is 290 g/mol. The Kier molecular flexibility index (Phi) is 3.60. The molecule has 1 fully saturated rings. The first-order chi connectivity index (χ1) is 9.79. The van der Waals surface area contributed by atoms with Crippen LogP contribution in [0.5, 0.6) is 5.75 Å². The van der Waals surface area contributed by atoms with Crippen LogP contribution in [0.15, 0.2) is 35.5 Å². The number of thioether (sulfide) groups is 1. The minimum absolute atomic E-state index is 0.0856. The molecule has 1 aromatic carbocycles. The first-order valence-corrected chi connectivity index (χ1v) is 7.14. The number of nitrogens with zero attached hydrogens (tertiary/aromatic N) is 3. The lowest BCUT2D eigenvalue weighted by molar-refractivity contribution is -0.116. The molecule has 2 aromatic rings. The number of aromatic amines is 1. The number of ether oxygens (including phenoxy) is 1. The molecule has 1 atom stereocenters. The number of H-pyrrole nitrogens is 1. The van der Waals surface area contributed by atoms with Crippen molar-refractivity contribution in [2.24, 2.45) is 0 Å². The van der Waals surface area contributed by atoms with Crippen LogP contribution < -0.4 is 9.64 Å². The molecular formula is C13H14N4O2S. The second kappa shape index (κ2) is 5.54. The molecule has 104 valence electrons. The zero-order valence-corrected chi connectivity index (χ0v) is 11.8. The van der Waals surface area contributed by atoms with E-state index in [0.717, 1.165) is 17.1 Å². The molecule has 2 heterocycles.